The molecule has 0 saturated carbocycles. The number of nitrogens with two attached hydrogens (primary N) is 1. The number of primary amides is 1. The minimum atomic E-state index is -0.819. The van der Waals surface area contributed by atoms with E-state index in [0.717, 1.165) is 30.0 Å². The molecule has 1 aliphatic heterocycles. The van der Waals surface area contributed by atoms with E-state index in [-0.39, 0.29) is 5.91 Å². The quantitative estimate of drug-likeness (QED) is 0.445. The Labute approximate surface area is 207 Å². The number of nitrogens with zero attached hydrogens (tertiary/aromatic N) is 4. The van der Waals surface area contributed by atoms with Gasteiger partial charge >= 0.3 is 6.09 Å². The fourth-order valence-electron chi connectivity index (χ4n) is 5.03. The monoisotopic (exact) mass is 495 g/mol. The number of benzene rings is 1. The van der Waals surface area contributed by atoms with Gasteiger partial charge < -0.3 is 29.2 Å². The Balaban J connectivity index is 1.56. The Morgan fingerprint density at radius 3 is 2.80 bits per heavy atom. The molecule has 0 bridgehead atoms. The summed E-state index contributed by atoms with van der Waals surface area (Å²) in [5.41, 5.74) is 9.47. The number of ether oxygens (including phenoxy) is 2. The van der Waals surface area contributed by atoms with Crippen molar-refractivity contribution < 1.29 is 19.1 Å². The molecule has 1 aliphatic rings. The summed E-state index contributed by atoms with van der Waals surface area (Å²) in [7, 11) is 3.57. The number of carbonyl (C=O) groups excluding carboxylic acids is 2. The first-order valence-corrected chi connectivity index (χ1v) is 12.6. The van der Waals surface area contributed by atoms with Gasteiger partial charge in [0, 0.05) is 31.1 Å². The summed E-state index contributed by atoms with van der Waals surface area (Å²) >= 11 is 1.74. The molecule has 4 heterocycles. The first-order valence-electron chi connectivity index (χ1n) is 11.7. The maximum Gasteiger partial charge on any atom is 0.404 e. The summed E-state index contributed by atoms with van der Waals surface area (Å²) in [6, 6.07) is 5.77. The molecule has 1 unspecified atom stereocenters. The molecule has 35 heavy (non-hydrogen) atoms. The van der Waals surface area contributed by atoms with Crippen molar-refractivity contribution in [2.75, 3.05) is 20.2 Å². The zero-order valence-corrected chi connectivity index (χ0v) is 21.1. The first-order chi connectivity index (χ1) is 16.8. The van der Waals surface area contributed by atoms with Crippen molar-refractivity contribution in [3.05, 3.63) is 34.7 Å². The Hall–Kier alpha value is -3.53. The maximum absolute atomic E-state index is 13.4. The summed E-state index contributed by atoms with van der Waals surface area (Å²) in [6.45, 7) is 5.98. The molecule has 3 aromatic heterocycles. The Bertz CT molecular complexity index is 1450. The number of fused-ring (bicyclic) bond motifs is 2. The highest BCUT2D eigenvalue weighted by atomic mass is 32.1. The van der Waals surface area contributed by atoms with Gasteiger partial charge in [-0.05, 0) is 55.8 Å². The second-order valence-electron chi connectivity index (χ2n) is 8.90. The number of amides is 2. The third-order valence-corrected chi connectivity index (χ3v) is 7.85. The van der Waals surface area contributed by atoms with Crippen LogP contribution in [0.2, 0.25) is 0 Å². The average molecular weight is 496 g/mol. The van der Waals surface area contributed by atoms with Gasteiger partial charge in [-0.15, -0.1) is 11.3 Å². The molecule has 0 aliphatic carbocycles. The molecular weight excluding hydrogens is 466 g/mol. The standard InChI is InChI=1S/C25H29N5O4S/c1-5-30-19(11-17-14(2)13-35-24(17)30)22-27-18-9-15(10-20(33-4)21(18)28(22)3)23(31)29-8-6-7-16(12-29)34-25(26)32/h9-11,13,16H,5-8,12H2,1-4H3,(H2,26,32). The molecule has 2 amide bonds. The van der Waals surface area contributed by atoms with E-state index in [1.807, 2.05) is 17.7 Å². The molecule has 0 radical (unpaired) electrons. The molecule has 10 heteroatoms. The molecular formula is C25H29N5O4S. The molecule has 1 aromatic carbocycles. The lowest BCUT2D eigenvalue weighted by molar-refractivity contribution is 0.0373. The molecule has 1 saturated heterocycles. The molecule has 2 N–H and O–H groups in total. The fourth-order valence-corrected chi connectivity index (χ4v) is 6.15. The van der Waals surface area contributed by atoms with E-state index in [4.69, 9.17) is 20.2 Å². The van der Waals surface area contributed by atoms with Crippen molar-refractivity contribution in [1.82, 2.24) is 19.0 Å². The summed E-state index contributed by atoms with van der Waals surface area (Å²) in [5, 5.41) is 3.41. The molecule has 1 fully saturated rings. The lowest BCUT2D eigenvalue weighted by atomic mass is 10.1. The number of hydrogen-bond donors (Lipinski definition) is 1. The molecule has 184 valence electrons. The highest BCUT2D eigenvalue weighted by Crippen LogP contribution is 2.37. The van der Waals surface area contributed by atoms with E-state index in [1.165, 1.54) is 15.8 Å². The number of imidazole rings is 1. The lowest BCUT2D eigenvalue weighted by Crippen LogP contribution is -2.44. The third kappa shape index (κ3) is 3.91. The smallest absolute Gasteiger partial charge is 0.404 e. The predicted octanol–water partition coefficient (Wildman–Crippen LogP) is 4.29. The second-order valence-corrected chi connectivity index (χ2v) is 9.76. The van der Waals surface area contributed by atoms with Crippen LogP contribution >= 0.6 is 11.3 Å². The lowest BCUT2D eigenvalue weighted by Gasteiger charge is -2.32. The van der Waals surface area contributed by atoms with Gasteiger partial charge in [0.1, 0.15) is 22.2 Å². The van der Waals surface area contributed by atoms with Crippen LogP contribution in [-0.2, 0) is 18.3 Å². The van der Waals surface area contributed by atoms with E-state index in [9.17, 15) is 9.59 Å². The number of rotatable bonds is 5. The number of carbonyl (C=O) groups is 2. The number of hydrogen-bond acceptors (Lipinski definition) is 6. The van der Waals surface area contributed by atoms with Crippen molar-refractivity contribution >= 4 is 44.6 Å². The van der Waals surface area contributed by atoms with Gasteiger partial charge in [0.05, 0.1) is 24.9 Å². The van der Waals surface area contributed by atoms with Crippen molar-refractivity contribution in [2.45, 2.75) is 39.3 Å². The summed E-state index contributed by atoms with van der Waals surface area (Å²) in [6.07, 6.45) is 0.213. The van der Waals surface area contributed by atoms with Gasteiger partial charge in [-0.1, -0.05) is 0 Å². The number of aryl methyl sites for hydroxylation is 3. The largest absolute Gasteiger partial charge is 0.494 e. The number of likely N-dealkylation sites (tertiary alicyclic amines) is 1. The van der Waals surface area contributed by atoms with E-state index < -0.39 is 12.2 Å². The highest BCUT2D eigenvalue weighted by Gasteiger charge is 2.28. The van der Waals surface area contributed by atoms with Crippen LogP contribution in [0.4, 0.5) is 4.79 Å². The van der Waals surface area contributed by atoms with E-state index in [1.54, 1.807) is 29.4 Å². The van der Waals surface area contributed by atoms with E-state index in [2.05, 4.69) is 29.9 Å². The zero-order chi connectivity index (χ0) is 24.9. The Morgan fingerprint density at radius 1 is 1.29 bits per heavy atom. The number of piperidine rings is 1. The second kappa shape index (κ2) is 8.92. The number of aromatic nitrogens is 3. The molecule has 4 aromatic rings. The van der Waals surface area contributed by atoms with Gasteiger partial charge in [0.25, 0.3) is 5.91 Å². The van der Waals surface area contributed by atoms with Crippen LogP contribution < -0.4 is 10.5 Å². The summed E-state index contributed by atoms with van der Waals surface area (Å²) in [5.74, 6) is 1.25. The first kappa shape index (κ1) is 23.2. The van der Waals surface area contributed by atoms with E-state index in [0.29, 0.717) is 36.3 Å². The fraction of sp³-hybridized carbons (Fsp3) is 0.400. The Kier molecular flexibility index (Phi) is 5.92. The van der Waals surface area contributed by atoms with Crippen molar-refractivity contribution in [3.8, 4) is 17.3 Å². The van der Waals surface area contributed by atoms with E-state index >= 15 is 0 Å². The molecule has 0 spiro atoms. The minimum absolute atomic E-state index is 0.150. The average Bonchev–Trinajstić information content (AvgIpc) is 3.49. The molecule has 9 nitrogen and oxygen atoms in total. The van der Waals surface area contributed by atoms with Crippen LogP contribution in [0, 0.1) is 6.92 Å². The molecule has 5 rings (SSSR count). The summed E-state index contributed by atoms with van der Waals surface area (Å²) < 4.78 is 15.2. The van der Waals surface area contributed by atoms with Crippen LogP contribution in [0.15, 0.2) is 23.6 Å². The SMILES string of the molecule is CCn1c(-c2nc3cc(C(=O)N4CCCC(OC(N)=O)C4)cc(OC)c3n2C)cc2c(C)csc21. The minimum Gasteiger partial charge on any atom is -0.494 e. The van der Waals surface area contributed by atoms with Crippen LogP contribution in [0.1, 0.15) is 35.7 Å². The van der Waals surface area contributed by atoms with Crippen LogP contribution in [0.5, 0.6) is 5.75 Å². The van der Waals surface area contributed by atoms with Crippen molar-refractivity contribution in [2.24, 2.45) is 12.8 Å². The van der Waals surface area contributed by atoms with Gasteiger partial charge in [-0.25, -0.2) is 9.78 Å². The van der Waals surface area contributed by atoms with Crippen LogP contribution in [-0.4, -0.2) is 57.3 Å². The number of methoxy groups -OCH3 is 1. The molecule has 1 atom stereocenters. The van der Waals surface area contributed by atoms with Gasteiger partial charge in [0.2, 0.25) is 0 Å². The third-order valence-electron chi connectivity index (χ3n) is 6.71. The number of thiophene rings is 1. The predicted molar refractivity (Wildman–Crippen MR) is 136 cm³/mol. The maximum atomic E-state index is 13.4. The van der Waals surface area contributed by atoms with Gasteiger partial charge in [0.15, 0.2) is 5.82 Å². The van der Waals surface area contributed by atoms with Crippen LogP contribution in [0.3, 0.4) is 0 Å². The van der Waals surface area contributed by atoms with Crippen LogP contribution in [0.25, 0.3) is 32.8 Å². The normalized spacial score (nSPS) is 16.2. The van der Waals surface area contributed by atoms with Gasteiger partial charge in [-0.2, -0.15) is 0 Å². The summed E-state index contributed by atoms with van der Waals surface area (Å²) in [4.78, 5) is 32.4. The van der Waals surface area contributed by atoms with Crippen molar-refractivity contribution in [3.63, 3.8) is 0 Å². The van der Waals surface area contributed by atoms with Crippen molar-refractivity contribution in [1.29, 1.82) is 0 Å². The topological polar surface area (TPSA) is 105 Å². The zero-order valence-electron chi connectivity index (χ0n) is 20.3. The van der Waals surface area contributed by atoms with Gasteiger partial charge in [-0.3, -0.25) is 4.79 Å². The highest BCUT2D eigenvalue weighted by molar-refractivity contribution is 7.17. The Morgan fingerprint density at radius 2 is 2.09 bits per heavy atom.